The number of anilines is 1. The van der Waals surface area contributed by atoms with E-state index in [4.69, 9.17) is 46.4 Å². The minimum atomic E-state index is -4.31. The van der Waals surface area contributed by atoms with Gasteiger partial charge in [0.05, 0.1) is 25.7 Å². The topological polar surface area (TPSA) is 86.8 Å². The molecule has 1 atom stereocenters. The van der Waals surface area contributed by atoms with Crippen LogP contribution < -0.4 is 9.62 Å². The maximum Gasteiger partial charge on any atom is 0.264 e. The summed E-state index contributed by atoms with van der Waals surface area (Å²) in [5.74, 6) is -1.00. The van der Waals surface area contributed by atoms with Gasteiger partial charge >= 0.3 is 0 Å². The molecule has 12 heteroatoms. The van der Waals surface area contributed by atoms with Gasteiger partial charge in [-0.05, 0) is 60.0 Å². The van der Waals surface area contributed by atoms with Crippen LogP contribution in [0.2, 0.25) is 20.1 Å². The van der Waals surface area contributed by atoms with Crippen LogP contribution in [0.5, 0.6) is 0 Å². The van der Waals surface area contributed by atoms with Gasteiger partial charge in [-0.25, -0.2) is 8.42 Å². The van der Waals surface area contributed by atoms with Crippen molar-refractivity contribution in [3.05, 3.63) is 128 Å². The third kappa shape index (κ3) is 9.17. The van der Waals surface area contributed by atoms with Crippen LogP contribution in [-0.4, -0.2) is 44.3 Å². The highest BCUT2D eigenvalue weighted by atomic mass is 35.5. The van der Waals surface area contributed by atoms with Crippen molar-refractivity contribution in [1.29, 1.82) is 0 Å². The number of halogens is 4. The minimum Gasteiger partial charge on any atom is -0.354 e. The quantitative estimate of drug-likeness (QED) is 0.134. The van der Waals surface area contributed by atoms with Gasteiger partial charge in [0.1, 0.15) is 12.6 Å². The number of amides is 2. The molecule has 0 unspecified atom stereocenters. The predicted molar refractivity (Wildman–Crippen MR) is 186 cm³/mol. The summed E-state index contributed by atoms with van der Waals surface area (Å²) in [6.07, 6.45) is 1.80. The molecule has 0 saturated heterocycles. The van der Waals surface area contributed by atoms with Crippen LogP contribution in [0.4, 0.5) is 5.69 Å². The van der Waals surface area contributed by atoms with Crippen molar-refractivity contribution in [1.82, 2.24) is 10.2 Å². The highest BCUT2D eigenvalue weighted by Gasteiger charge is 2.35. The number of hydrogen-bond donors (Lipinski definition) is 1. The van der Waals surface area contributed by atoms with Crippen LogP contribution in [0.1, 0.15) is 30.9 Å². The van der Waals surface area contributed by atoms with Crippen LogP contribution in [-0.2, 0) is 32.6 Å². The number of hydrogen-bond acceptors (Lipinski definition) is 4. The van der Waals surface area contributed by atoms with E-state index in [0.29, 0.717) is 22.2 Å². The number of nitrogens with zero attached hydrogens (tertiary/aromatic N) is 2. The molecule has 0 fully saturated rings. The normalized spacial score (nSPS) is 11.9. The number of sulfonamides is 1. The molecule has 0 aromatic heterocycles. The van der Waals surface area contributed by atoms with E-state index in [1.54, 1.807) is 36.4 Å². The Bertz CT molecular complexity index is 1760. The summed E-state index contributed by atoms with van der Waals surface area (Å²) in [5.41, 5.74) is 1.48. The highest BCUT2D eigenvalue weighted by Crippen LogP contribution is 2.33. The zero-order chi connectivity index (χ0) is 33.3. The molecule has 7 nitrogen and oxygen atoms in total. The first-order chi connectivity index (χ1) is 22.0. The third-order valence-corrected chi connectivity index (χ3v) is 10.3. The zero-order valence-electron chi connectivity index (χ0n) is 25.0. The summed E-state index contributed by atoms with van der Waals surface area (Å²) in [6, 6.07) is 25.3. The molecule has 0 spiro atoms. The van der Waals surface area contributed by atoms with Gasteiger partial charge in [-0.2, -0.15) is 0 Å². The first-order valence-electron chi connectivity index (χ1n) is 14.6. The molecule has 0 radical (unpaired) electrons. The van der Waals surface area contributed by atoms with E-state index in [2.05, 4.69) is 5.32 Å². The largest absolute Gasteiger partial charge is 0.354 e. The van der Waals surface area contributed by atoms with Crippen LogP contribution in [0, 0.1) is 0 Å². The molecule has 0 bridgehead atoms. The molecule has 4 aromatic rings. The smallest absolute Gasteiger partial charge is 0.264 e. The first-order valence-corrected chi connectivity index (χ1v) is 17.5. The van der Waals surface area contributed by atoms with Crippen LogP contribution in [0.15, 0.2) is 102 Å². The molecule has 4 aromatic carbocycles. The zero-order valence-corrected chi connectivity index (χ0v) is 28.8. The summed E-state index contributed by atoms with van der Waals surface area (Å²) in [4.78, 5) is 29.7. The van der Waals surface area contributed by atoms with Crippen molar-refractivity contribution in [2.75, 3.05) is 17.4 Å². The Morgan fingerprint density at radius 1 is 0.783 bits per heavy atom. The second kappa shape index (κ2) is 16.5. The summed E-state index contributed by atoms with van der Waals surface area (Å²) >= 11 is 25.2. The maximum atomic E-state index is 14.5. The summed E-state index contributed by atoms with van der Waals surface area (Å²) in [6.45, 7) is 1.72. The molecule has 0 aliphatic rings. The van der Waals surface area contributed by atoms with Crippen molar-refractivity contribution in [3.8, 4) is 0 Å². The fourth-order valence-corrected chi connectivity index (χ4v) is 7.15. The van der Waals surface area contributed by atoms with E-state index in [0.717, 1.165) is 22.7 Å². The van der Waals surface area contributed by atoms with Crippen molar-refractivity contribution in [2.24, 2.45) is 0 Å². The lowest BCUT2D eigenvalue weighted by molar-refractivity contribution is -0.140. The number of rotatable bonds is 14. The second-order valence-corrected chi connectivity index (χ2v) is 14.1. The average Bonchev–Trinajstić information content (AvgIpc) is 3.04. The van der Waals surface area contributed by atoms with Gasteiger partial charge in [-0.3, -0.25) is 13.9 Å². The Balaban J connectivity index is 1.82. The standard InChI is InChI=1S/C34H33Cl4N3O4S/c1-2-3-18-39-34(43)32(20-24-10-6-4-7-11-24)40(22-25-14-16-28(36)29(37)19-25)33(42)23-41(31-17-15-26(35)21-30(31)38)46(44,45)27-12-8-5-9-13-27/h4-17,19,21,32H,2-3,18,20,22-23H2,1H3,(H,39,43)/t32-/m1/s1. The van der Waals surface area contributed by atoms with E-state index in [-0.39, 0.29) is 39.5 Å². The van der Waals surface area contributed by atoms with Crippen molar-refractivity contribution in [2.45, 2.75) is 43.7 Å². The van der Waals surface area contributed by atoms with Gasteiger partial charge in [0.15, 0.2) is 0 Å². The van der Waals surface area contributed by atoms with Crippen molar-refractivity contribution < 1.29 is 18.0 Å². The highest BCUT2D eigenvalue weighted by molar-refractivity contribution is 7.92. The Labute approximate surface area is 290 Å². The van der Waals surface area contributed by atoms with E-state index >= 15 is 0 Å². The van der Waals surface area contributed by atoms with Gasteiger partial charge < -0.3 is 10.2 Å². The van der Waals surface area contributed by atoms with E-state index in [1.807, 2.05) is 37.3 Å². The fourth-order valence-electron chi connectivity index (χ4n) is 4.81. The SMILES string of the molecule is CCCCNC(=O)[C@@H](Cc1ccccc1)N(Cc1ccc(Cl)c(Cl)c1)C(=O)CN(c1ccc(Cl)cc1Cl)S(=O)(=O)c1ccccc1. The van der Waals surface area contributed by atoms with Gasteiger partial charge in [-0.15, -0.1) is 0 Å². The Kier molecular flexibility index (Phi) is 12.8. The Hall–Kier alpha value is -3.27. The number of nitrogens with one attached hydrogen (secondary N) is 1. The molecular weight excluding hydrogens is 688 g/mol. The van der Waals surface area contributed by atoms with Crippen LogP contribution in [0.3, 0.4) is 0 Å². The van der Waals surface area contributed by atoms with Crippen LogP contribution in [0.25, 0.3) is 0 Å². The first kappa shape index (κ1) is 35.6. The molecule has 242 valence electrons. The summed E-state index contributed by atoms with van der Waals surface area (Å²) < 4.78 is 29.1. The number of carbonyl (C=O) groups is 2. The molecule has 0 heterocycles. The average molecular weight is 722 g/mol. The lowest BCUT2D eigenvalue weighted by Gasteiger charge is -2.34. The van der Waals surface area contributed by atoms with E-state index in [9.17, 15) is 18.0 Å². The summed E-state index contributed by atoms with van der Waals surface area (Å²) in [5, 5.41) is 3.90. The lowest BCUT2D eigenvalue weighted by Crippen LogP contribution is -2.53. The molecular formula is C34H33Cl4N3O4S. The van der Waals surface area contributed by atoms with Gasteiger partial charge in [-0.1, -0.05) is 114 Å². The molecule has 1 N–H and O–H groups in total. The predicted octanol–water partition coefficient (Wildman–Crippen LogP) is 8.05. The number of carbonyl (C=O) groups excluding carboxylic acids is 2. The lowest BCUT2D eigenvalue weighted by atomic mass is 10.0. The Morgan fingerprint density at radius 3 is 2.09 bits per heavy atom. The maximum absolute atomic E-state index is 14.5. The minimum absolute atomic E-state index is 0.0361. The molecule has 46 heavy (non-hydrogen) atoms. The monoisotopic (exact) mass is 719 g/mol. The summed E-state index contributed by atoms with van der Waals surface area (Å²) in [7, 11) is -4.31. The van der Waals surface area contributed by atoms with Crippen LogP contribution >= 0.6 is 46.4 Å². The molecule has 0 aliphatic heterocycles. The fraction of sp³-hybridized carbons (Fsp3) is 0.235. The van der Waals surface area contributed by atoms with Crippen molar-refractivity contribution in [3.63, 3.8) is 0 Å². The third-order valence-electron chi connectivity index (χ3n) is 7.23. The second-order valence-electron chi connectivity index (χ2n) is 10.5. The number of benzene rings is 4. The van der Waals surface area contributed by atoms with E-state index in [1.165, 1.54) is 35.2 Å². The van der Waals surface area contributed by atoms with Crippen molar-refractivity contribution >= 4 is 73.9 Å². The molecule has 2 amide bonds. The molecule has 0 aliphatic carbocycles. The molecule has 4 rings (SSSR count). The van der Waals surface area contributed by atoms with E-state index < -0.39 is 28.5 Å². The van der Waals surface area contributed by atoms with Gasteiger partial charge in [0.2, 0.25) is 11.8 Å². The number of unbranched alkanes of at least 4 members (excludes halogenated alkanes) is 1. The van der Waals surface area contributed by atoms with Gasteiger partial charge in [0.25, 0.3) is 10.0 Å². The Morgan fingerprint density at radius 2 is 1.46 bits per heavy atom. The molecule has 0 saturated carbocycles. The van der Waals surface area contributed by atoms with Gasteiger partial charge in [0, 0.05) is 24.5 Å².